The number of esters is 1. The molecule has 0 radical (unpaired) electrons. The van der Waals surface area contributed by atoms with Crippen molar-refractivity contribution in [3.05, 3.63) is 35.9 Å². The van der Waals surface area contributed by atoms with E-state index in [-0.39, 0.29) is 51.3 Å². The molecule has 10 heteroatoms. The number of carbonyl (C=O) groups excluding carboxylic acids is 2. The molecule has 2 heterocycles. The van der Waals surface area contributed by atoms with E-state index in [0.717, 1.165) is 5.56 Å². The fraction of sp³-hybridized carbons (Fsp3) is 0.600. The molecular formula is C20H27NO9. The minimum Gasteiger partial charge on any atom is -0.467 e. The molecule has 0 aromatic heterocycles. The summed E-state index contributed by atoms with van der Waals surface area (Å²) in [5.74, 6) is -0.654. The summed E-state index contributed by atoms with van der Waals surface area (Å²) in [5, 5.41) is 11.4. The Morgan fingerprint density at radius 3 is 2.43 bits per heavy atom. The molecule has 2 fully saturated rings. The Balaban J connectivity index is 1.47. The number of amides is 1. The minimum atomic E-state index is -1.04. The average molecular weight is 425 g/mol. The molecule has 2 N–H and O–H groups in total. The molecule has 0 bridgehead atoms. The number of rotatable bonds is 10. The topological polar surface area (TPSA) is 122 Å². The van der Waals surface area contributed by atoms with Crippen molar-refractivity contribution < 1.29 is 43.1 Å². The SMILES string of the molecule is COC(=O)[C@H](CO[C@H]1CO[C@H]2[C@@H]1OC[C@H]2OCCO)NC(=O)OCc1ccccc1. The number of methoxy groups -OCH3 is 1. The van der Waals surface area contributed by atoms with Gasteiger partial charge in [0.05, 0.1) is 40.1 Å². The van der Waals surface area contributed by atoms with Crippen LogP contribution in [0.15, 0.2) is 30.3 Å². The van der Waals surface area contributed by atoms with Crippen LogP contribution in [0, 0.1) is 0 Å². The van der Waals surface area contributed by atoms with Gasteiger partial charge in [-0.25, -0.2) is 9.59 Å². The van der Waals surface area contributed by atoms with Crippen LogP contribution in [0.5, 0.6) is 0 Å². The number of aliphatic hydroxyl groups excluding tert-OH is 1. The van der Waals surface area contributed by atoms with E-state index in [1.54, 1.807) is 0 Å². The largest absolute Gasteiger partial charge is 0.467 e. The smallest absolute Gasteiger partial charge is 0.408 e. The predicted octanol–water partition coefficient (Wildman–Crippen LogP) is 0.0147. The molecule has 166 valence electrons. The van der Waals surface area contributed by atoms with Gasteiger partial charge in [-0.15, -0.1) is 0 Å². The maximum absolute atomic E-state index is 12.1. The van der Waals surface area contributed by atoms with Gasteiger partial charge in [0.1, 0.15) is 31.0 Å². The normalized spacial score (nSPS) is 26.1. The van der Waals surface area contributed by atoms with Crippen LogP contribution in [0.3, 0.4) is 0 Å². The van der Waals surface area contributed by atoms with E-state index < -0.39 is 24.2 Å². The fourth-order valence-corrected chi connectivity index (χ4v) is 3.36. The molecule has 0 spiro atoms. The summed E-state index contributed by atoms with van der Waals surface area (Å²) < 4.78 is 32.6. The van der Waals surface area contributed by atoms with Gasteiger partial charge in [0, 0.05) is 0 Å². The van der Waals surface area contributed by atoms with Crippen LogP contribution in [0.2, 0.25) is 0 Å². The van der Waals surface area contributed by atoms with E-state index in [2.05, 4.69) is 5.32 Å². The molecule has 30 heavy (non-hydrogen) atoms. The van der Waals surface area contributed by atoms with E-state index in [9.17, 15) is 9.59 Å². The third-order valence-corrected chi connectivity index (χ3v) is 4.85. The van der Waals surface area contributed by atoms with Crippen LogP contribution in [0.25, 0.3) is 0 Å². The van der Waals surface area contributed by atoms with E-state index >= 15 is 0 Å². The lowest BCUT2D eigenvalue weighted by Crippen LogP contribution is -2.46. The summed E-state index contributed by atoms with van der Waals surface area (Å²) in [5.41, 5.74) is 0.823. The number of ether oxygens (including phenoxy) is 6. The van der Waals surface area contributed by atoms with Gasteiger partial charge in [-0.05, 0) is 5.56 Å². The van der Waals surface area contributed by atoms with E-state index in [1.807, 2.05) is 30.3 Å². The molecular weight excluding hydrogens is 398 g/mol. The van der Waals surface area contributed by atoms with Crippen molar-refractivity contribution in [3.8, 4) is 0 Å². The van der Waals surface area contributed by atoms with Crippen molar-refractivity contribution in [2.24, 2.45) is 0 Å². The van der Waals surface area contributed by atoms with Gasteiger partial charge in [-0.1, -0.05) is 30.3 Å². The summed E-state index contributed by atoms with van der Waals surface area (Å²) in [6.45, 7) is 0.660. The van der Waals surface area contributed by atoms with Crippen molar-refractivity contribution in [1.82, 2.24) is 5.32 Å². The second-order valence-corrected chi connectivity index (χ2v) is 6.88. The quantitative estimate of drug-likeness (QED) is 0.499. The maximum Gasteiger partial charge on any atom is 0.408 e. The van der Waals surface area contributed by atoms with Crippen molar-refractivity contribution in [3.63, 3.8) is 0 Å². The van der Waals surface area contributed by atoms with E-state index in [1.165, 1.54) is 7.11 Å². The second-order valence-electron chi connectivity index (χ2n) is 6.88. The highest BCUT2D eigenvalue weighted by atomic mass is 16.6. The van der Waals surface area contributed by atoms with E-state index in [0.29, 0.717) is 6.61 Å². The second kappa shape index (κ2) is 11.2. The van der Waals surface area contributed by atoms with Crippen molar-refractivity contribution in [2.45, 2.75) is 37.1 Å². The molecule has 5 atom stereocenters. The molecule has 0 aliphatic carbocycles. The van der Waals surface area contributed by atoms with Crippen molar-refractivity contribution in [1.29, 1.82) is 0 Å². The highest BCUT2D eigenvalue weighted by Crippen LogP contribution is 2.30. The van der Waals surface area contributed by atoms with E-state index in [4.69, 9.17) is 33.5 Å². The first-order chi connectivity index (χ1) is 14.6. The first-order valence-corrected chi connectivity index (χ1v) is 9.74. The number of nitrogens with one attached hydrogen (secondary N) is 1. The lowest BCUT2D eigenvalue weighted by Gasteiger charge is -2.21. The Morgan fingerprint density at radius 2 is 1.80 bits per heavy atom. The summed E-state index contributed by atoms with van der Waals surface area (Å²) in [7, 11) is 1.23. The first-order valence-electron chi connectivity index (χ1n) is 9.74. The highest BCUT2D eigenvalue weighted by molar-refractivity contribution is 5.81. The predicted molar refractivity (Wildman–Crippen MR) is 102 cm³/mol. The van der Waals surface area contributed by atoms with Gasteiger partial charge >= 0.3 is 12.1 Å². The molecule has 10 nitrogen and oxygen atoms in total. The monoisotopic (exact) mass is 425 g/mol. The minimum absolute atomic E-state index is 0.0741. The van der Waals surface area contributed by atoms with Gasteiger partial charge < -0.3 is 38.8 Å². The molecule has 2 aliphatic heterocycles. The van der Waals surface area contributed by atoms with Gasteiger partial charge in [0.25, 0.3) is 0 Å². The molecule has 3 rings (SSSR count). The Labute approximate surface area is 174 Å². The highest BCUT2D eigenvalue weighted by Gasteiger charge is 2.49. The molecule has 2 saturated heterocycles. The number of carbonyl (C=O) groups is 2. The van der Waals surface area contributed by atoms with Gasteiger partial charge in [-0.2, -0.15) is 0 Å². The summed E-state index contributed by atoms with van der Waals surface area (Å²) >= 11 is 0. The number of hydrogen-bond acceptors (Lipinski definition) is 9. The lowest BCUT2D eigenvalue weighted by molar-refractivity contribution is -0.146. The lowest BCUT2D eigenvalue weighted by atomic mass is 10.1. The standard InChI is InChI=1S/C20H27NO9/c1-25-19(23)14(21-20(24)30-9-13-5-3-2-4-6-13)10-27-16-12-29-17-15(26-8-7-22)11-28-18(16)17/h2-6,14-18,22H,7-12H2,1H3,(H,21,24)/t14-,15+,16-,17+,18+/m0/s1. The number of fused-ring (bicyclic) bond motifs is 1. The Hall–Kier alpha value is -2.24. The first kappa shape index (κ1) is 22.4. The Bertz CT molecular complexity index is 686. The van der Waals surface area contributed by atoms with Crippen LogP contribution in [0.1, 0.15) is 5.56 Å². The van der Waals surface area contributed by atoms with Gasteiger partial charge in [0.15, 0.2) is 6.04 Å². The van der Waals surface area contributed by atoms with Gasteiger partial charge in [-0.3, -0.25) is 0 Å². The maximum atomic E-state index is 12.1. The van der Waals surface area contributed by atoms with Crippen LogP contribution in [-0.2, 0) is 39.8 Å². The fourth-order valence-electron chi connectivity index (χ4n) is 3.36. The third kappa shape index (κ3) is 5.89. The van der Waals surface area contributed by atoms with Crippen LogP contribution in [0.4, 0.5) is 4.79 Å². The summed E-state index contributed by atoms with van der Waals surface area (Å²) in [6.07, 6.45) is -2.11. The zero-order chi connectivity index (χ0) is 21.3. The van der Waals surface area contributed by atoms with Gasteiger partial charge in [0.2, 0.25) is 0 Å². The molecule has 2 aliphatic rings. The number of hydrogen-bond donors (Lipinski definition) is 2. The zero-order valence-electron chi connectivity index (χ0n) is 16.7. The molecule has 1 aromatic carbocycles. The van der Waals surface area contributed by atoms with Crippen LogP contribution >= 0.6 is 0 Å². The zero-order valence-corrected chi connectivity index (χ0v) is 16.7. The Kier molecular flexibility index (Phi) is 8.40. The van der Waals surface area contributed by atoms with Crippen molar-refractivity contribution >= 4 is 12.1 Å². The summed E-state index contributed by atoms with van der Waals surface area (Å²) in [4.78, 5) is 24.1. The molecule has 1 amide bonds. The van der Waals surface area contributed by atoms with Crippen LogP contribution in [-0.4, -0.2) is 87.8 Å². The molecule has 0 unspecified atom stereocenters. The van der Waals surface area contributed by atoms with Crippen LogP contribution < -0.4 is 5.32 Å². The molecule has 0 saturated carbocycles. The number of aliphatic hydroxyl groups is 1. The Morgan fingerprint density at radius 1 is 1.13 bits per heavy atom. The third-order valence-electron chi connectivity index (χ3n) is 4.85. The number of alkyl carbamates (subject to hydrolysis) is 1. The average Bonchev–Trinajstić information content (AvgIpc) is 3.36. The number of benzene rings is 1. The molecule has 1 aromatic rings. The van der Waals surface area contributed by atoms with Crippen molar-refractivity contribution in [2.75, 3.05) is 40.1 Å². The summed E-state index contributed by atoms with van der Waals surface area (Å²) in [6, 6.07) is 8.14.